The minimum Gasteiger partial charge on any atom is -0.463 e. The van der Waals surface area contributed by atoms with Gasteiger partial charge in [0.1, 0.15) is 17.7 Å². The Balaban J connectivity index is 1.37. The predicted octanol–water partition coefficient (Wildman–Crippen LogP) is -0.0128. The number of ether oxygens (including phenoxy) is 1. The van der Waals surface area contributed by atoms with E-state index in [4.69, 9.17) is 16.2 Å². The summed E-state index contributed by atoms with van der Waals surface area (Å²) >= 11 is 0. The van der Waals surface area contributed by atoms with Crippen molar-refractivity contribution in [2.75, 3.05) is 24.6 Å². The molecule has 3 aliphatic rings. The van der Waals surface area contributed by atoms with Gasteiger partial charge in [0, 0.05) is 17.8 Å². The molecule has 0 bridgehead atoms. The van der Waals surface area contributed by atoms with Gasteiger partial charge in [-0.05, 0) is 39.3 Å². The van der Waals surface area contributed by atoms with E-state index in [0.29, 0.717) is 19.6 Å². The largest absolute Gasteiger partial charge is 0.463 e. The number of fused-ring (bicyclic) bond motifs is 1. The van der Waals surface area contributed by atoms with Crippen molar-refractivity contribution in [2.24, 2.45) is 16.9 Å². The molecule has 3 fully saturated rings. The van der Waals surface area contributed by atoms with E-state index in [9.17, 15) is 4.79 Å². The summed E-state index contributed by atoms with van der Waals surface area (Å²) in [5, 5.41) is 6.28. The number of nitrogens with two attached hydrogens (primary N) is 2. The molecule has 7 nitrogen and oxygen atoms in total. The Hall–Kier alpha value is -1.67. The molecule has 1 aliphatic carbocycles. The molecule has 25 heavy (non-hydrogen) atoms. The fourth-order valence-corrected chi connectivity index (χ4v) is 4.20. The summed E-state index contributed by atoms with van der Waals surface area (Å²) in [6.45, 7) is 7.85. The molecular weight excluding hydrogens is 318 g/mol. The number of anilines is 1. The molecule has 2 atom stereocenters. The van der Waals surface area contributed by atoms with Crippen LogP contribution in [0.3, 0.4) is 0 Å². The molecule has 2 saturated heterocycles. The Kier molecular flexibility index (Phi) is 3.32. The second-order valence-electron chi connectivity index (χ2n) is 7.86. The summed E-state index contributed by atoms with van der Waals surface area (Å²) in [6.07, 6.45) is 0.577. The third-order valence-corrected chi connectivity index (χ3v) is 6.08. The van der Waals surface area contributed by atoms with Gasteiger partial charge < -0.3 is 15.4 Å². The molecule has 4 rings (SSSR count). The summed E-state index contributed by atoms with van der Waals surface area (Å²) in [5.74, 6) is -0.900. The molecule has 0 aromatic heterocycles. The Morgan fingerprint density at radius 3 is 2.28 bits per heavy atom. The maximum atomic E-state index is 12.8. The van der Waals surface area contributed by atoms with Crippen LogP contribution in [0.4, 0.5) is 5.69 Å². The molecule has 2 heterocycles. The molecule has 1 aromatic rings. The fourth-order valence-electron chi connectivity index (χ4n) is 4.20. The van der Waals surface area contributed by atoms with Crippen molar-refractivity contribution in [3.63, 3.8) is 0 Å². The van der Waals surface area contributed by atoms with Gasteiger partial charge in [0.05, 0.1) is 6.54 Å². The van der Waals surface area contributed by atoms with E-state index >= 15 is 0 Å². The zero-order valence-corrected chi connectivity index (χ0v) is 15.1. The second kappa shape index (κ2) is 4.94. The summed E-state index contributed by atoms with van der Waals surface area (Å²) < 4.78 is 5.62. The number of benzene rings is 1. The Labute approximate surface area is 148 Å². The van der Waals surface area contributed by atoms with Crippen molar-refractivity contribution < 1.29 is 9.53 Å². The highest BCUT2D eigenvalue weighted by Crippen LogP contribution is 2.72. The molecule has 0 radical (unpaired) electrons. The summed E-state index contributed by atoms with van der Waals surface area (Å²) in [4.78, 5) is 15.0. The monoisotopic (exact) mass is 345 g/mol. The first-order valence-electron chi connectivity index (χ1n) is 8.87. The number of likely N-dealkylation sites (N-methyl/N-ethyl adjacent to an activating group) is 1. The van der Waals surface area contributed by atoms with Crippen molar-refractivity contribution in [3.8, 4) is 0 Å². The molecule has 7 heteroatoms. The van der Waals surface area contributed by atoms with Gasteiger partial charge in [-0.15, -0.1) is 0 Å². The maximum absolute atomic E-state index is 12.8. The molecule has 0 spiro atoms. The summed E-state index contributed by atoms with van der Waals surface area (Å²) in [5.41, 5.74) is 12.7. The van der Waals surface area contributed by atoms with Gasteiger partial charge in [-0.2, -0.15) is 0 Å². The average Bonchev–Trinajstić information content (AvgIpc) is 3.44. The first-order valence-corrected chi connectivity index (χ1v) is 8.87. The van der Waals surface area contributed by atoms with Gasteiger partial charge in [-0.3, -0.25) is 21.2 Å². The van der Waals surface area contributed by atoms with Crippen LogP contribution >= 0.6 is 0 Å². The molecule has 2 unspecified atom stereocenters. The van der Waals surface area contributed by atoms with Crippen LogP contribution in [0.2, 0.25) is 0 Å². The van der Waals surface area contributed by atoms with Crippen molar-refractivity contribution in [1.82, 2.24) is 10.6 Å². The van der Waals surface area contributed by atoms with Crippen LogP contribution in [0.25, 0.3) is 0 Å². The van der Waals surface area contributed by atoms with Gasteiger partial charge in [-0.1, -0.05) is 17.7 Å². The van der Waals surface area contributed by atoms with E-state index in [2.05, 4.69) is 53.6 Å². The molecule has 0 amide bonds. The lowest BCUT2D eigenvalue weighted by atomic mass is 9.94. The minimum absolute atomic E-state index is 0.262. The van der Waals surface area contributed by atoms with E-state index in [-0.39, 0.29) is 5.97 Å². The Bertz CT molecular complexity index is 711. The van der Waals surface area contributed by atoms with E-state index in [1.165, 1.54) is 5.56 Å². The van der Waals surface area contributed by atoms with Crippen molar-refractivity contribution in [2.45, 2.75) is 44.2 Å². The van der Waals surface area contributed by atoms with Crippen LogP contribution in [0.5, 0.6) is 0 Å². The maximum Gasteiger partial charge on any atom is 0.317 e. The average molecular weight is 345 g/mol. The van der Waals surface area contributed by atoms with Gasteiger partial charge in [0.25, 0.3) is 0 Å². The molecule has 2 aliphatic heterocycles. The molecule has 1 aromatic carbocycles. The summed E-state index contributed by atoms with van der Waals surface area (Å²) in [6, 6.07) is 8.34. The van der Waals surface area contributed by atoms with Crippen LogP contribution in [0.1, 0.15) is 25.8 Å². The van der Waals surface area contributed by atoms with E-state index < -0.39 is 22.4 Å². The number of esters is 1. The number of aryl methyl sites for hydroxylation is 1. The van der Waals surface area contributed by atoms with Gasteiger partial charge in [-0.25, -0.2) is 0 Å². The number of nitrogens with zero attached hydrogens (tertiary/aromatic N) is 1. The molecular formula is C18H27N5O2. The zero-order chi connectivity index (χ0) is 18.1. The van der Waals surface area contributed by atoms with Crippen molar-refractivity contribution in [3.05, 3.63) is 29.8 Å². The van der Waals surface area contributed by atoms with Crippen LogP contribution in [-0.4, -0.2) is 42.7 Å². The van der Waals surface area contributed by atoms with Gasteiger partial charge in [0.15, 0.2) is 5.79 Å². The fraction of sp³-hybridized carbons (Fsp3) is 0.611. The third-order valence-electron chi connectivity index (χ3n) is 6.08. The zero-order valence-electron chi connectivity index (χ0n) is 15.1. The lowest BCUT2D eigenvalue weighted by molar-refractivity contribution is -0.151. The van der Waals surface area contributed by atoms with E-state index in [1.54, 1.807) is 0 Å². The van der Waals surface area contributed by atoms with Crippen molar-refractivity contribution >= 4 is 11.7 Å². The Morgan fingerprint density at radius 1 is 1.28 bits per heavy atom. The number of rotatable bonds is 7. The first-order chi connectivity index (χ1) is 11.7. The lowest BCUT2D eigenvalue weighted by Gasteiger charge is -2.25. The number of nitrogens with one attached hydrogen (secondary N) is 2. The normalized spacial score (nSPS) is 40.2. The number of carbonyl (C=O) groups is 1. The highest BCUT2D eigenvalue weighted by atomic mass is 16.5. The number of hydrogen-bond acceptors (Lipinski definition) is 7. The van der Waals surface area contributed by atoms with E-state index in [1.807, 2.05) is 6.92 Å². The third kappa shape index (κ3) is 2.16. The second-order valence-corrected chi connectivity index (χ2v) is 7.86. The van der Waals surface area contributed by atoms with E-state index in [0.717, 1.165) is 12.2 Å². The van der Waals surface area contributed by atoms with Gasteiger partial charge >= 0.3 is 5.97 Å². The number of hydrogen-bond donors (Lipinski definition) is 4. The quantitative estimate of drug-likeness (QED) is 0.404. The highest BCUT2D eigenvalue weighted by Gasteiger charge is 2.99. The molecule has 136 valence electrons. The lowest BCUT2D eigenvalue weighted by Crippen LogP contribution is -2.47. The Morgan fingerprint density at radius 2 is 1.84 bits per heavy atom. The smallest absolute Gasteiger partial charge is 0.317 e. The van der Waals surface area contributed by atoms with Crippen LogP contribution in [-0.2, 0) is 9.53 Å². The molecule has 1 saturated carbocycles. The molecule has 6 N–H and O–H groups in total. The van der Waals surface area contributed by atoms with Crippen LogP contribution in [0.15, 0.2) is 24.3 Å². The summed E-state index contributed by atoms with van der Waals surface area (Å²) in [7, 11) is 0. The SMILES string of the molecule is CCN(CCOC(=O)C1(C23NC2(N)N3)CC1(C)N)c1ccc(C)cc1. The standard InChI is InChI=1S/C18H27N5O2/c1-4-23(13-7-5-12(2)6-8-13)9-10-25-14(24)16(11-15(16,3)19)17-18(20,21-17)22-17/h5-8,21-22H,4,9-11,19-20H2,1-3H3. The van der Waals surface area contributed by atoms with Crippen molar-refractivity contribution in [1.29, 1.82) is 0 Å². The predicted molar refractivity (Wildman–Crippen MR) is 95.6 cm³/mol. The first kappa shape index (κ1) is 16.8. The minimum atomic E-state index is -0.768. The van der Waals surface area contributed by atoms with Gasteiger partial charge in [0.2, 0.25) is 0 Å². The number of carbonyl (C=O) groups excluding carboxylic acids is 1. The van der Waals surface area contributed by atoms with Crippen LogP contribution < -0.4 is 27.0 Å². The highest BCUT2D eigenvalue weighted by molar-refractivity contribution is 5.88. The van der Waals surface area contributed by atoms with Crippen LogP contribution in [0, 0.1) is 12.3 Å². The topological polar surface area (TPSA) is 125 Å².